The van der Waals surface area contributed by atoms with Crippen LogP contribution >= 0.6 is 15.9 Å². The molecule has 1 N–H and O–H groups in total. The van der Waals surface area contributed by atoms with Crippen molar-refractivity contribution in [3.05, 3.63) is 28.7 Å². The Bertz CT molecular complexity index is 629. The van der Waals surface area contributed by atoms with E-state index < -0.39 is 15.6 Å². The quantitative estimate of drug-likeness (QED) is 0.903. The van der Waals surface area contributed by atoms with Crippen LogP contribution in [0.2, 0.25) is 0 Å². The van der Waals surface area contributed by atoms with E-state index in [2.05, 4.69) is 33.6 Å². The minimum Gasteiger partial charge on any atom is -0.207 e. The molecule has 0 heterocycles. The zero-order valence-corrected chi connectivity index (χ0v) is 13.7. The van der Waals surface area contributed by atoms with Gasteiger partial charge in [-0.3, -0.25) is 0 Å². The molecule has 0 aromatic heterocycles. The first-order chi connectivity index (χ1) is 9.38. The normalized spacial score (nSPS) is 26.9. The van der Waals surface area contributed by atoms with E-state index >= 15 is 0 Å². The molecule has 0 radical (unpaired) electrons. The van der Waals surface area contributed by atoms with Crippen molar-refractivity contribution >= 4 is 26.0 Å². The second kappa shape index (κ2) is 5.84. The molecule has 20 heavy (non-hydrogen) atoms. The molecule has 0 bridgehead atoms. The molecular weight excluding hydrogens is 340 g/mol. The monoisotopic (exact) mass is 356 g/mol. The Kier molecular flexibility index (Phi) is 4.52. The van der Waals surface area contributed by atoms with Gasteiger partial charge < -0.3 is 0 Å². The average molecular weight is 357 g/mol. The van der Waals surface area contributed by atoms with Crippen LogP contribution in [0.3, 0.4) is 0 Å². The van der Waals surface area contributed by atoms with Crippen LogP contribution in [0.5, 0.6) is 0 Å². The fourth-order valence-corrected chi connectivity index (χ4v) is 4.85. The lowest BCUT2D eigenvalue weighted by Gasteiger charge is -2.34. The topological polar surface area (TPSA) is 70.0 Å². The number of hydrogen-bond donors (Lipinski definition) is 1. The number of nitrogens with zero attached hydrogens (tertiary/aromatic N) is 1. The third-order valence-corrected chi connectivity index (χ3v) is 6.35. The molecule has 1 aliphatic rings. The van der Waals surface area contributed by atoms with Gasteiger partial charge in [0.15, 0.2) is 0 Å². The minimum atomic E-state index is -3.70. The number of nitrogens with one attached hydrogen (secondary N) is 1. The summed E-state index contributed by atoms with van der Waals surface area (Å²) in [5, 5.41) is 9.42. The summed E-state index contributed by atoms with van der Waals surface area (Å²) < 4.78 is 28.1. The summed E-state index contributed by atoms with van der Waals surface area (Å²) in [4.78, 5) is 0.174. The highest BCUT2D eigenvalue weighted by Gasteiger charge is 2.38. The molecule has 4 nitrogen and oxygen atoms in total. The summed E-state index contributed by atoms with van der Waals surface area (Å²) in [7, 11) is -3.70. The van der Waals surface area contributed by atoms with Crippen LogP contribution in [0, 0.1) is 17.2 Å². The zero-order valence-electron chi connectivity index (χ0n) is 11.3. The highest BCUT2D eigenvalue weighted by Crippen LogP contribution is 2.33. The van der Waals surface area contributed by atoms with Gasteiger partial charge in [-0.05, 0) is 59.7 Å². The Balaban J connectivity index is 2.28. The van der Waals surface area contributed by atoms with Crippen molar-refractivity contribution in [2.24, 2.45) is 5.92 Å². The molecular formula is C14H17BrN2O2S. The van der Waals surface area contributed by atoms with Crippen molar-refractivity contribution in [2.45, 2.75) is 43.0 Å². The third-order valence-electron chi connectivity index (χ3n) is 3.80. The number of benzene rings is 1. The Morgan fingerprint density at radius 3 is 2.50 bits per heavy atom. The highest BCUT2D eigenvalue weighted by molar-refractivity contribution is 9.10. The van der Waals surface area contributed by atoms with Crippen LogP contribution in [0.4, 0.5) is 0 Å². The molecule has 0 aliphatic heterocycles. The lowest BCUT2D eigenvalue weighted by molar-refractivity contribution is 0.278. The molecule has 6 heteroatoms. The Morgan fingerprint density at radius 2 is 1.95 bits per heavy atom. The van der Waals surface area contributed by atoms with E-state index in [-0.39, 0.29) is 4.90 Å². The number of sulfonamides is 1. The summed E-state index contributed by atoms with van der Waals surface area (Å²) in [6, 6.07) is 8.81. The van der Waals surface area contributed by atoms with E-state index in [4.69, 9.17) is 0 Å². The van der Waals surface area contributed by atoms with Crippen LogP contribution in [-0.4, -0.2) is 14.0 Å². The molecule has 0 unspecified atom stereocenters. The summed E-state index contributed by atoms with van der Waals surface area (Å²) in [5.74, 6) is 0.546. The second-order valence-corrected chi connectivity index (χ2v) is 7.92. The summed E-state index contributed by atoms with van der Waals surface area (Å²) in [6.07, 6.45) is 2.86. The van der Waals surface area contributed by atoms with Crippen molar-refractivity contribution in [1.29, 1.82) is 5.26 Å². The number of hydrogen-bond acceptors (Lipinski definition) is 3. The van der Waals surface area contributed by atoms with Crippen LogP contribution < -0.4 is 4.72 Å². The molecule has 1 fully saturated rings. The zero-order chi connectivity index (χ0) is 14.8. The molecule has 0 amide bonds. The largest absolute Gasteiger partial charge is 0.243 e. The molecule has 1 aromatic carbocycles. The van der Waals surface area contributed by atoms with E-state index in [1.54, 1.807) is 18.2 Å². The smallest absolute Gasteiger partial charge is 0.207 e. The SMILES string of the molecule is CC1CCC(C#N)(NS(=O)(=O)c2ccccc2Br)CC1. The first-order valence-electron chi connectivity index (χ1n) is 6.58. The molecule has 0 spiro atoms. The summed E-state index contributed by atoms with van der Waals surface area (Å²) >= 11 is 3.24. The Hall–Kier alpha value is -0.900. The maximum absolute atomic E-state index is 12.5. The van der Waals surface area contributed by atoms with Crippen molar-refractivity contribution in [1.82, 2.24) is 4.72 Å². The van der Waals surface area contributed by atoms with E-state index in [1.807, 2.05) is 0 Å². The van der Waals surface area contributed by atoms with E-state index in [1.165, 1.54) is 6.07 Å². The molecule has 0 saturated heterocycles. The second-order valence-electron chi connectivity index (χ2n) is 5.41. The maximum atomic E-state index is 12.5. The van der Waals surface area contributed by atoms with E-state index in [9.17, 15) is 13.7 Å². The van der Waals surface area contributed by atoms with Gasteiger partial charge in [-0.15, -0.1) is 0 Å². The van der Waals surface area contributed by atoms with Crippen LogP contribution in [0.25, 0.3) is 0 Å². The van der Waals surface area contributed by atoms with Gasteiger partial charge in [-0.2, -0.15) is 9.98 Å². The van der Waals surface area contributed by atoms with Gasteiger partial charge in [0.2, 0.25) is 10.0 Å². The van der Waals surface area contributed by atoms with Gasteiger partial charge >= 0.3 is 0 Å². The first kappa shape index (κ1) is 15.5. The van der Waals surface area contributed by atoms with E-state index in [0.717, 1.165) is 12.8 Å². The minimum absolute atomic E-state index is 0.174. The first-order valence-corrected chi connectivity index (χ1v) is 8.86. The highest BCUT2D eigenvalue weighted by atomic mass is 79.9. The molecule has 0 atom stereocenters. The van der Waals surface area contributed by atoms with Gasteiger partial charge in [0.25, 0.3) is 0 Å². The molecule has 1 aliphatic carbocycles. The van der Waals surface area contributed by atoms with Gasteiger partial charge in [0.05, 0.1) is 11.0 Å². The predicted octanol–water partition coefficient (Wildman–Crippen LogP) is 3.20. The fraction of sp³-hybridized carbons (Fsp3) is 0.500. The van der Waals surface area contributed by atoms with Gasteiger partial charge in [-0.25, -0.2) is 8.42 Å². The summed E-state index contributed by atoms with van der Waals surface area (Å²) in [6.45, 7) is 2.13. The fourth-order valence-electron chi connectivity index (χ4n) is 2.47. The van der Waals surface area contributed by atoms with E-state index in [0.29, 0.717) is 23.2 Å². The standard InChI is InChI=1S/C14H17BrN2O2S/c1-11-6-8-14(10-16,9-7-11)17-20(18,19)13-5-3-2-4-12(13)15/h2-5,11,17H,6-9H2,1H3. The van der Waals surface area contributed by atoms with Crippen LogP contribution in [-0.2, 0) is 10.0 Å². The van der Waals surface area contributed by atoms with Crippen molar-refractivity contribution in [2.75, 3.05) is 0 Å². The average Bonchev–Trinajstić information content (AvgIpc) is 2.42. The molecule has 2 rings (SSSR count). The van der Waals surface area contributed by atoms with Gasteiger partial charge in [0, 0.05) is 4.47 Å². The molecule has 108 valence electrons. The van der Waals surface area contributed by atoms with Crippen molar-refractivity contribution < 1.29 is 8.42 Å². The third kappa shape index (κ3) is 3.22. The van der Waals surface area contributed by atoms with Crippen LogP contribution in [0.1, 0.15) is 32.6 Å². The lowest BCUT2D eigenvalue weighted by atomic mass is 9.79. The lowest BCUT2D eigenvalue weighted by Crippen LogP contribution is -2.49. The summed E-state index contributed by atoms with van der Waals surface area (Å²) in [5.41, 5.74) is -0.972. The number of halogens is 1. The predicted molar refractivity (Wildman–Crippen MR) is 80.4 cm³/mol. The number of rotatable bonds is 3. The molecule has 1 saturated carbocycles. The van der Waals surface area contributed by atoms with Crippen LogP contribution in [0.15, 0.2) is 33.6 Å². The van der Waals surface area contributed by atoms with Gasteiger partial charge in [0.1, 0.15) is 5.54 Å². The van der Waals surface area contributed by atoms with Crippen molar-refractivity contribution in [3.8, 4) is 6.07 Å². The number of nitriles is 1. The van der Waals surface area contributed by atoms with Crippen molar-refractivity contribution in [3.63, 3.8) is 0 Å². The maximum Gasteiger partial charge on any atom is 0.243 e. The molecule has 1 aromatic rings. The Morgan fingerprint density at radius 1 is 1.35 bits per heavy atom. The van der Waals surface area contributed by atoms with Gasteiger partial charge in [-0.1, -0.05) is 19.1 Å². The Labute approximate surface area is 128 Å².